The molecular formula is C17H19ClN4O. The van der Waals surface area contributed by atoms with E-state index >= 15 is 0 Å². The number of fused-ring (bicyclic) bond motifs is 1. The third kappa shape index (κ3) is 2.88. The molecule has 2 aromatic rings. The predicted molar refractivity (Wildman–Crippen MR) is 92.0 cm³/mol. The summed E-state index contributed by atoms with van der Waals surface area (Å²) in [5, 5.41) is 0.0806. The highest BCUT2D eigenvalue weighted by molar-refractivity contribution is 6.28. The fourth-order valence-corrected chi connectivity index (χ4v) is 2.94. The van der Waals surface area contributed by atoms with E-state index in [1.807, 2.05) is 12.1 Å². The first-order valence-electron chi connectivity index (χ1n) is 7.51. The van der Waals surface area contributed by atoms with Crippen LogP contribution in [-0.4, -0.2) is 22.4 Å². The molecule has 23 heavy (non-hydrogen) atoms. The van der Waals surface area contributed by atoms with Crippen molar-refractivity contribution in [1.29, 1.82) is 0 Å². The molecular weight excluding hydrogens is 312 g/mol. The highest BCUT2D eigenvalue weighted by Gasteiger charge is 2.30. The molecule has 0 atom stereocenters. The van der Waals surface area contributed by atoms with E-state index < -0.39 is 0 Å². The van der Waals surface area contributed by atoms with Crippen LogP contribution in [0.2, 0.25) is 5.28 Å². The number of nitrogens with two attached hydrogens (primary N) is 1. The zero-order valence-electron chi connectivity index (χ0n) is 13.4. The number of anilines is 2. The minimum absolute atomic E-state index is 0.0755. The molecule has 0 aliphatic carbocycles. The fourth-order valence-electron chi connectivity index (χ4n) is 2.75. The van der Waals surface area contributed by atoms with Gasteiger partial charge in [-0.2, -0.15) is 0 Å². The molecule has 0 spiro atoms. The minimum Gasteiger partial charge on any atom is -0.383 e. The van der Waals surface area contributed by atoms with Crippen LogP contribution < -0.4 is 10.6 Å². The quantitative estimate of drug-likeness (QED) is 0.815. The van der Waals surface area contributed by atoms with E-state index in [4.69, 9.17) is 17.3 Å². The van der Waals surface area contributed by atoms with E-state index in [1.54, 1.807) is 4.90 Å². The molecule has 1 amide bonds. The smallest absolute Gasteiger partial charge is 0.263 e. The average Bonchev–Trinajstić information content (AvgIpc) is 2.46. The second-order valence-corrected chi connectivity index (χ2v) is 7.04. The van der Waals surface area contributed by atoms with Crippen LogP contribution in [0.15, 0.2) is 24.3 Å². The molecule has 2 heterocycles. The van der Waals surface area contributed by atoms with Crippen LogP contribution in [0.3, 0.4) is 0 Å². The predicted octanol–water partition coefficient (Wildman–Crippen LogP) is 3.21. The summed E-state index contributed by atoms with van der Waals surface area (Å²) in [6.07, 6.45) is 0.606. The highest BCUT2D eigenvalue weighted by Crippen LogP contribution is 2.29. The number of hydrogen-bond donors (Lipinski definition) is 1. The van der Waals surface area contributed by atoms with Gasteiger partial charge in [-0.15, -0.1) is 0 Å². The van der Waals surface area contributed by atoms with Crippen molar-refractivity contribution in [2.75, 3.05) is 17.2 Å². The second-order valence-electron chi connectivity index (χ2n) is 6.70. The van der Waals surface area contributed by atoms with Crippen LogP contribution in [0.1, 0.15) is 42.4 Å². The summed E-state index contributed by atoms with van der Waals surface area (Å²) in [5.74, 6) is -0.0371. The summed E-state index contributed by atoms with van der Waals surface area (Å²) in [5.41, 5.74) is 9.00. The van der Waals surface area contributed by atoms with Crippen molar-refractivity contribution < 1.29 is 4.79 Å². The van der Waals surface area contributed by atoms with Crippen molar-refractivity contribution in [3.63, 3.8) is 0 Å². The van der Waals surface area contributed by atoms with Crippen LogP contribution in [-0.2, 0) is 11.8 Å². The van der Waals surface area contributed by atoms with E-state index in [9.17, 15) is 4.79 Å². The number of benzene rings is 1. The number of hydrogen-bond acceptors (Lipinski definition) is 4. The second kappa shape index (κ2) is 5.49. The number of nitrogen functional groups attached to an aromatic ring is 1. The summed E-state index contributed by atoms with van der Waals surface area (Å²) in [6, 6.07) is 8.05. The molecule has 0 saturated heterocycles. The Labute approximate surface area is 140 Å². The van der Waals surface area contributed by atoms with E-state index in [-0.39, 0.29) is 22.4 Å². The van der Waals surface area contributed by atoms with Crippen LogP contribution in [0, 0.1) is 0 Å². The Hall–Kier alpha value is -2.14. The Morgan fingerprint density at radius 2 is 1.83 bits per heavy atom. The normalized spacial score (nSPS) is 14.8. The van der Waals surface area contributed by atoms with Gasteiger partial charge in [-0.05, 0) is 34.7 Å². The molecule has 5 nitrogen and oxygen atoms in total. The monoisotopic (exact) mass is 330 g/mol. The number of rotatable bonds is 1. The molecule has 0 radical (unpaired) electrons. The van der Waals surface area contributed by atoms with E-state index in [0.717, 1.165) is 5.69 Å². The van der Waals surface area contributed by atoms with Crippen LogP contribution >= 0.6 is 11.6 Å². The summed E-state index contributed by atoms with van der Waals surface area (Å²) >= 11 is 5.82. The van der Waals surface area contributed by atoms with Gasteiger partial charge < -0.3 is 10.6 Å². The SMILES string of the molecule is CC(C)(C)c1ccc(N2CCc3nc(Cl)nc(N)c3C2=O)cc1. The lowest BCUT2D eigenvalue weighted by Crippen LogP contribution is -2.39. The van der Waals surface area contributed by atoms with Gasteiger partial charge in [-0.25, -0.2) is 9.97 Å². The highest BCUT2D eigenvalue weighted by atomic mass is 35.5. The van der Waals surface area contributed by atoms with E-state index in [1.165, 1.54) is 5.56 Å². The van der Waals surface area contributed by atoms with Crippen molar-refractivity contribution in [1.82, 2.24) is 9.97 Å². The molecule has 1 aromatic carbocycles. The Morgan fingerprint density at radius 1 is 1.17 bits per heavy atom. The van der Waals surface area contributed by atoms with Crippen LogP contribution in [0.4, 0.5) is 11.5 Å². The molecule has 0 unspecified atom stereocenters. The fraction of sp³-hybridized carbons (Fsp3) is 0.353. The third-order valence-electron chi connectivity index (χ3n) is 4.06. The van der Waals surface area contributed by atoms with Crippen LogP contribution in [0.5, 0.6) is 0 Å². The van der Waals surface area contributed by atoms with Crippen molar-refractivity contribution in [2.45, 2.75) is 32.6 Å². The standard InChI is InChI=1S/C17H19ClN4O/c1-17(2,3)10-4-6-11(7-5-10)22-9-8-12-13(15(22)23)14(19)21-16(18)20-12/h4-7H,8-9H2,1-3H3,(H2,19,20,21). The first-order valence-corrected chi connectivity index (χ1v) is 7.89. The summed E-state index contributed by atoms with van der Waals surface area (Å²) in [7, 11) is 0. The average molecular weight is 331 g/mol. The van der Waals surface area contributed by atoms with Gasteiger partial charge in [0.1, 0.15) is 11.4 Å². The number of amides is 1. The molecule has 6 heteroatoms. The molecule has 0 fully saturated rings. The lowest BCUT2D eigenvalue weighted by Gasteiger charge is -2.29. The molecule has 1 aliphatic heterocycles. The van der Waals surface area contributed by atoms with Gasteiger partial charge >= 0.3 is 0 Å². The summed E-state index contributed by atoms with van der Waals surface area (Å²) in [6.45, 7) is 7.03. The largest absolute Gasteiger partial charge is 0.383 e. The molecule has 120 valence electrons. The summed E-state index contributed by atoms with van der Waals surface area (Å²) in [4.78, 5) is 22.5. The zero-order chi connectivity index (χ0) is 16.8. The molecule has 0 saturated carbocycles. The maximum absolute atomic E-state index is 12.8. The van der Waals surface area contributed by atoms with Gasteiger partial charge in [-0.3, -0.25) is 4.79 Å². The topological polar surface area (TPSA) is 72.1 Å². The van der Waals surface area contributed by atoms with Gasteiger partial charge in [0.15, 0.2) is 0 Å². The molecule has 0 bridgehead atoms. The Bertz CT molecular complexity index is 765. The minimum atomic E-state index is -0.177. The van der Waals surface area contributed by atoms with Crippen molar-refractivity contribution >= 4 is 29.0 Å². The first kappa shape index (κ1) is 15.7. The van der Waals surface area contributed by atoms with E-state index in [0.29, 0.717) is 24.2 Å². The summed E-state index contributed by atoms with van der Waals surface area (Å²) < 4.78 is 0. The first-order chi connectivity index (χ1) is 10.8. The van der Waals surface area contributed by atoms with Gasteiger partial charge in [0.05, 0.1) is 5.69 Å². The van der Waals surface area contributed by atoms with Gasteiger partial charge in [0, 0.05) is 18.7 Å². The zero-order valence-corrected chi connectivity index (χ0v) is 14.2. The lowest BCUT2D eigenvalue weighted by molar-refractivity contribution is 0.0980. The van der Waals surface area contributed by atoms with Crippen molar-refractivity contribution in [3.8, 4) is 0 Å². The number of aromatic nitrogens is 2. The molecule has 3 rings (SSSR count). The Morgan fingerprint density at radius 3 is 2.43 bits per heavy atom. The number of carbonyl (C=O) groups excluding carboxylic acids is 1. The molecule has 1 aliphatic rings. The van der Waals surface area contributed by atoms with Gasteiger partial charge in [0.2, 0.25) is 5.28 Å². The Balaban J connectivity index is 1.95. The number of halogens is 1. The van der Waals surface area contributed by atoms with Crippen LogP contribution in [0.25, 0.3) is 0 Å². The number of nitrogens with zero attached hydrogens (tertiary/aromatic N) is 3. The third-order valence-corrected chi connectivity index (χ3v) is 4.23. The van der Waals surface area contributed by atoms with Gasteiger partial charge in [-0.1, -0.05) is 32.9 Å². The van der Waals surface area contributed by atoms with Gasteiger partial charge in [0.25, 0.3) is 5.91 Å². The van der Waals surface area contributed by atoms with E-state index in [2.05, 4.69) is 42.9 Å². The Kier molecular flexibility index (Phi) is 3.76. The maximum atomic E-state index is 12.8. The molecule has 1 aromatic heterocycles. The van der Waals surface area contributed by atoms with Crippen molar-refractivity contribution in [3.05, 3.63) is 46.4 Å². The molecule has 2 N–H and O–H groups in total. The van der Waals surface area contributed by atoms with Crippen molar-refractivity contribution in [2.24, 2.45) is 0 Å². The number of carbonyl (C=O) groups is 1. The maximum Gasteiger partial charge on any atom is 0.263 e. The lowest BCUT2D eigenvalue weighted by atomic mass is 9.87.